The molecule has 0 N–H and O–H groups in total. The Bertz CT molecular complexity index is 466. The SMILES string of the molecule is C=CC12CCCCC1CCC1C3CCC(=O)C3(C)CCC12. The van der Waals surface area contributed by atoms with Crippen molar-refractivity contribution in [2.24, 2.45) is 34.5 Å². The minimum absolute atomic E-state index is 0.0328. The second-order valence-corrected chi connectivity index (χ2v) is 8.63. The fraction of sp³-hybridized carbons (Fsp3) is 0.850. The summed E-state index contributed by atoms with van der Waals surface area (Å²) in [7, 11) is 0. The molecule has 1 heteroatoms. The van der Waals surface area contributed by atoms with Crippen LogP contribution >= 0.6 is 0 Å². The summed E-state index contributed by atoms with van der Waals surface area (Å²) in [6.45, 7) is 6.59. The number of hydrogen-bond acceptors (Lipinski definition) is 1. The van der Waals surface area contributed by atoms with Crippen LogP contribution in [0.1, 0.15) is 71.1 Å². The Morgan fingerprint density at radius 1 is 1.05 bits per heavy atom. The van der Waals surface area contributed by atoms with Crippen LogP contribution in [0.2, 0.25) is 0 Å². The zero-order valence-corrected chi connectivity index (χ0v) is 13.6. The molecule has 0 bridgehead atoms. The van der Waals surface area contributed by atoms with Crippen molar-refractivity contribution in [3.63, 3.8) is 0 Å². The molecule has 0 radical (unpaired) electrons. The summed E-state index contributed by atoms with van der Waals surface area (Å²) < 4.78 is 0. The first kappa shape index (κ1) is 14.0. The molecule has 0 saturated heterocycles. The fourth-order valence-corrected chi connectivity index (χ4v) is 7.14. The first-order valence-corrected chi connectivity index (χ1v) is 9.29. The van der Waals surface area contributed by atoms with Crippen LogP contribution in [-0.4, -0.2) is 5.78 Å². The van der Waals surface area contributed by atoms with E-state index in [0.717, 1.165) is 30.6 Å². The molecule has 0 heterocycles. The Morgan fingerprint density at radius 3 is 2.71 bits per heavy atom. The summed E-state index contributed by atoms with van der Waals surface area (Å²) >= 11 is 0. The van der Waals surface area contributed by atoms with Gasteiger partial charge < -0.3 is 0 Å². The van der Waals surface area contributed by atoms with Gasteiger partial charge in [0.1, 0.15) is 5.78 Å². The lowest BCUT2D eigenvalue weighted by atomic mass is 9.45. The second kappa shape index (κ2) is 4.70. The maximum Gasteiger partial charge on any atom is 0.139 e. The van der Waals surface area contributed by atoms with Gasteiger partial charge in [0.25, 0.3) is 0 Å². The molecule has 0 spiro atoms. The smallest absolute Gasteiger partial charge is 0.139 e. The first-order valence-electron chi connectivity index (χ1n) is 9.29. The van der Waals surface area contributed by atoms with Gasteiger partial charge in [-0.2, -0.15) is 0 Å². The van der Waals surface area contributed by atoms with Crippen molar-refractivity contribution in [2.45, 2.75) is 71.1 Å². The van der Waals surface area contributed by atoms with Crippen LogP contribution in [-0.2, 0) is 4.79 Å². The van der Waals surface area contributed by atoms with Crippen molar-refractivity contribution in [2.75, 3.05) is 0 Å². The van der Waals surface area contributed by atoms with E-state index < -0.39 is 0 Å². The van der Waals surface area contributed by atoms with Gasteiger partial charge in [-0.05, 0) is 74.0 Å². The number of fused-ring (bicyclic) bond motifs is 5. The third kappa shape index (κ3) is 1.72. The zero-order valence-electron chi connectivity index (χ0n) is 13.6. The van der Waals surface area contributed by atoms with E-state index in [4.69, 9.17) is 0 Å². The summed E-state index contributed by atoms with van der Waals surface area (Å²) in [5.74, 6) is 3.79. The van der Waals surface area contributed by atoms with Gasteiger partial charge in [0.2, 0.25) is 0 Å². The number of ketones is 1. The van der Waals surface area contributed by atoms with Crippen molar-refractivity contribution < 1.29 is 4.79 Å². The van der Waals surface area contributed by atoms with Crippen LogP contribution in [0, 0.1) is 34.5 Å². The topological polar surface area (TPSA) is 17.1 Å². The Kier molecular flexibility index (Phi) is 3.14. The van der Waals surface area contributed by atoms with Crippen LogP contribution in [0.15, 0.2) is 12.7 Å². The molecule has 116 valence electrons. The largest absolute Gasteiger partial charge is 0.299 e. The van der Waals surface area contributed by atoms with Crippen molar-refractivity contribution in [3.8, 4) is 0 Å². The predicted molar refractivity (Wildman–Crippen MR) is 85.9 cm³/mol. The number of rotatable bonds is 1. The summed E-state index contributed by atoms with van der Waals surface area (Å²) in [4.78, 5) is 12.4. The predicted octanol–water partition coefficient (Wildman–Crippen LogP) is 5.15. The third-order valence-electron chi connectivity index (χ3n) is 8.24. The Hall–Kier alpha value is -0.590. The number of carbonyl (C=O) groups excluding carboxylic acids is 1. The van der Waals surface area contributed by atoms with Gasteiger partial charge in [-0.15, -0.1) is 6.58 Å². The van der Waals surface area contributed by atoms with E-state index in [2.05, 4.69) is 19.6 Å². The lowest BCUT2D eigenvalue weighted by molar-refractivity contribution is -0.136. The van der Waals surface area contributed by atoms with E-state index >= 15 is 0 Å². The number of Topliss-reactive ketones (excluding diaryl/α,β-unsaturated/α-hetero) is 1. The van der Waals surface area contributed by atoms with Gasteiger partial charge >= 0.3 is 0 Å². The summed E-state index contributed by atoms with van der Waals surface area (Å²) in [5.41, 5.74) is 0.458. The molecular weight excluding hydrogens is 256 g/mol. The summed E-state index contributed by atoms with van der Waals surface area (Å²) in [5, 5.41) is 0. The molecule has 1 nitrogen and oxygen atoms in total. The van der Waals surface area contributed by atoms with Gasteiger partial charge in [0.15, 0.2) is 0 Å². The lowest BCUT2D eigenvalue weighted by Crippen LogP contribution is -2.53. The molecule has 0 aromatic heterocycles. The minimum Gasteiger partial charge on any atom is -0.299 e. The average Bonchev–Trinajstić information content (AvgIpc) is 2.82. The van der Waals surface area contributed by atoms with E-state index in [9.17, 15) is 4.79 Å². The number of carbonyl (C=O) groups is 1. The Morgan fingerprint density at radius 2 is 1.90 bits per heavy atom. The highest BCUT2D eigenvalue weighted by molar-refractivity contribution is 5.87. The lowest BCUT2D eigenvalue weighted by Gasteiger charge is -2.59. The van der Waals surface area contributed by atoms with Crippen LogP contribution < -0.4 is 0 Å². The van der Waals surface area contributed by atoms with E-state index in [1.54, 1.807) is 0 Å². The summed E-state index contributed by atoms with van der Waals surface area (Å²) in [6.07, 6.45) is 15.2. The van der Waals surface area contributed by atoms with Gasteiger partial charge in [-0.3, -0.25) is 4.79 Å². The summed E-state index contributed by atoms with van der Waals surface area (Å²) in [6, 6.07) is 0. The van der Waals surface area contributed by atoms with Crippen molar-refractivity contribution in [1.29, 1.82) is 0 Å². The Labute approximate surface area is 129 Å². The fourth-order valence-electron chi connectivity index (χ4n) is 7.14. The van der Waals surface area contributed by atoms with Gasteiger partial charge in [-0.25, -0.2) is 0 Å². The number of allylic oxidation sites excluding steroid dienone is 1. The van der Waals surface area contributed by atoms with E-state index in [1.807, 2.05) is 0 Å². The molecule has 0 aromatic carbocycles. The standard InChI is InChI=1S/C20H30O/c1-3-20-12-5-4-6-14(20)7-8-15-16-9-10-18(21)19(16,2)13-11-17(15)20/h3,14-17H,1,4-13H2,2H3. The highest BCUT2D eigenvalue weighted by atomic mass is 16.1. The molecule has 6 atom stereocenters. The van der Waals surface area contributed by atoms with Crippen LogP contribution in [0.5, 0.6) is 0 Å². The highest BCUT2D eigenvalue weighted by Crippen LogP contribution is 2.65. The maximum atomic E-state index is 12.4. The van der Waals surface area contributed by atoms with E-state index in [-0.39, 0.29) is 5.41 Å². The highest BCUT2D eigenvalue weighted by Gasteiger charge is 2.60. The zero-order chi connectivity index (χ0) is 14.7. The molecule has 4 fully saturated rings. The Balaban J connectivity index is 1.70. The minimum atomic E-state index is 0.0328. The normalized spacial score (nSPS) is 52.7. The number of hydrogen-bond donors (Lipinski definition) is 0. The van der Waals surface area contributed by atoms with Crippen LogP contribution in [0.25, 0.3) is 0 Å². The monoisotopic (exact) mass is 286 g/mol. The van der Waals surface area contributed by atoms with Crippen molar-refractivity contribution in [1.82, 2.24) is 0 Å². The van der Waals surface area contributed by atoms with Gasteiger partial charge in [0.05, 0.1) is 0 Å². The van der Waals surface area contributed by atoms with Gasteiger partial charge in [0, 0.05) is 11.8 Å². The average molecular weight is 286 g/mol. The molecule has 4 aliphatic carbocycles. The maximum absolute atomic E-state index is 12.4. The third-order valence-corrected chi connectivity index (χ3v) is 8.24. The molecule has 0 aromatic rings. The molecule has 0 amide bonds. The van der Waals surface area contributed by atoms with Crippen LogP contribution in [0.3, 0.4) is 0 Å². The molecule has 0 aliphatic heterocycles. The molecular formula is C20H30O. The first-order chi connectivity index (χ1) is 10.1. The second-order valence-electron chi connectivity index (χ2n) is 8.63. The molecule has 21 heavy (non-hydrogen) atoms. The van der Waals surface area contributed by atoms with E-state index in [1.165, 1.54) is 51.4 Å². The van der Waals surface area contributed by atoms with E-state index in [0.29, 0.717) is 17.1 Å². The van der Waals surface area contributed by atoms with Gasteiger partial charge in [-0.1, -0.05) is 25.8 Å². The molecule has 4 rings (SSSR count). The van der Waals surface area contributed by atoms with Crippen molar-refractivity contribution in [3.05, 3.63) is 12.7 Å². The molecule has 4 saturated carbocycles. The molecule has 6 unspecified atom stereocenters. The quantitative estimate of drug-likeness (QED) is 0.609. The van der Waals surface area contributed by atoms with Crippen LogP contribution in [0.4, 0.5) is 0 Å². The van der Waals surface area contributed by atoms with Crippen molar-refractivity contribution >= 4 is 5.78 Å². The molecule has 4 aliphatic rings.